The Hall–Kier alpha value is -3.63. The molecule has 0 radical (unpaired) electrons. The highest BCUT2D eigenvalue weighted by atomic mass is 16.6. The Morgan fingerprint density at radius 2 is 2.02 bits per heavy atom. The number of fused-ring (bicyclic) bond motifs is 2. The standard InChI is InChI=1S/C31H39N9O3/c1-17(2)39(13-23-26(41)27(42)30(43-23)40-16-36-25-28(33)34-15-35-29(25)40)20-10-18(11-20)4-7-24-37-21-6-5-19(12-22(21)38-24)31(14-32)8-3-9-31/h5-6,12,15-18,20,23,26-27,30,41-42H,3-4,7-11,13H2,1-2H3,(H,37,38)(H2,33,34,35)/t18?,20?,23-,26-,27-,30-/m1/s1. The van der Waals surface area contributed by atoms with Gasteiger partial charge >= 0.3 is 0 Å². The number of hydrogen-bond acceptors (Lipinski definition) is 10. The van der Waals surface area contributed by atoms with Crippen molar-refractivity contribution >= 4 is 28.0 Å². The van der Waals surface area contributed by atoms with Crippen LogP contribution in [0.2, 0.25) is 0 Å². The van der Waals surface area contributed by atoms with Crippen LogP contribution in [0, 0.1) is 17.2 Å². The van der Waals surface area contributed by atoms with Crippen LogP contribution < -0.4 is 5.73 Å². The summed E-state index contributed by atoms with van der Waals surface area (Å²) in [6.07, 6.45) is 6.41. The lowest BCUT2D eigenvalue weighted by Gasteiger charge is -2.46. The van der Waals surface area contributed by atoms with Crippen molar-refractivity contribution in [3.05, 3.63) is 42.2 Å². The molecule has 2 saturated carbocycles. The van der Waals surface area contributed by atoms with Gasteiger partial charge < -0.3 is 25.7 Å². The molecular weight excluding hydrogens is 546 g/mol. The zero-order valence-electron chi connectivity index (χ0n) is 24.6. The van der Waals surface area contributed by atoms with E-state index < -0.39 is 24.5 Å². The predicted molar refractivity (Wildman–Crippen MR) is 160 cm³/mol. The molecule has 4 atom stereocenters. The van der Waals surface area contributed by atoms with Crippen LogP contribution in [0.25, 0.3) is 22.2 Å². The van der Waals surface area contributed by atoms with E-state index in [-0.39, 0.29) is 17.3 Å². The van der Waals surface area contributed by atoms with Crippen LogP contribution in [0.1, 0.15) is 70.0 Å². The molecule has 0 spiro atoms. The van der Waals surface area contributed by atoms with Gasteiger partial charge in [0.05, 0.1) is 28.8 Å². The van der Waals surface area contributed by atoms with E-state index in [9.17, 15) is 15.5 Å². The molecule has 4 heterocycles. The summed E-state index contributed by atoms with van der Waals surface area (Å²) in [7, 11) is 0. The molecule has 0 bridgehead atoms. The van der Waals surface area contributed by atoms with Crippen LogP contribution in [-0.2, 0) is 16.6 Å². The van der Waals surface area contributed by atoms with Crippen LogP contribution in [0.3, 0.4) is 0 Å². The van der Waals surface area contributed by atoms with Crippen molar-refractivity contribution in [1.82, 2.24) is 34.4 Å². The van der Waals surface area contributed by atoms with Crippen molar-refractivity contribution in [1.29, 1.82) is 5.26 Å². The summed E-state index contributed by atoms with van der Waals surface area (Å²) in [6.45, 7) is 4.84. The monoisotopic (exact) mass is 585 g/mol. The van der Waals surface area contributed by atoms with E-state index in [0.717, 1.165) is 67.4 Å². The Morgan fingerprint density at radius 3 is 2.74 bits per heavy atom. The summed E-state index contributed by atoms with van der Waals surface area (Å²) in [5.74, 6) is 1.85. The van der Waals surface area contributed by atoms with Gasteiger partial charge in [0.1, 0.15) is 36.0 Å². The maximum atomic E-state index is 11.0. The van der Waals surface area contributed by atoms with E-state index in [1.807, 2.05) is 6.07 Å². The van der Waals surface area contributed by atoms with Gasteiger partial charge in [0, 0.05) is 25.0 Å². The van der Waals surface area contributed by atoms with Gasteiger partial charge in [0.15, 0.2) is 17.7 Å². The maximum Gasteiger partial charge on any atom is 0.167 e. The number of nitrogens with zero attached hydrogens (tertiary/aromatic N) is 7. The summed E-state index contributed by atoms with van der Waals surface area (Å²) in [5.41, 5.74) is 9.58. The fraction of sp³-hybridized carbons (Fsp3) is 0.581. The number of rotatable bonds is 9. The van der Waals surface area contributed by atoms with Crippen molar-refractivity contribution in [2.24, 2.45) is 5.92 Å². The first-order chi connectivity index (χ1) is 20.8. The summed E-state index contributed by atoms with van der Waals surface area (Å²) >= 11 is 0. The van der Waals surface area contributed by atoms with Crippen LogP contribution >= 0.6 is 0 Å². The quantitative estimate of drug-likeness (QED) is 0.228. The van der Waals surface area contributed by atoms with E-state index in [1.54, 1.807) is 4.57 Å². The van der Waals surface area contributed by atoms with Crippen LogP contribution in [0.4, 0.5) is 5.82 Å². The number of hydrogen-bond donors (Lipinski definition) is 4. The number of imidazole rings is 2. The summed E-state index contributed by atoms with van der Waals surface area (Å²) in [5, 5.41) is 31.6. The van der Waals surface area contributed by atoms with Crippen molar-refractivity contribution in [3.63, 3.8) is 0 Å². The van der Waals surface area contributed by atoms with Gasteiger partial charge in [-0.25, -0.2) is 19.9 Å². The van der Waals surface area contributed by atoms with E-state index in [0.29, 0.717) is 29.7 Å². The van der Waals surface area contributed by atoms with E-state index in [4.69, 9.17) is 15.5 Å². The smallest absolute Gasteiger partial charge is 0.167 e. The minimum absolute atomic E-state index is 0.255. The molecule has 1 saturated heterocycles. The van der Waals surface area contributed by atoms with Crippen molar-refractivity contribution < 1.29 is 14.9 Å². The van der Waals surface area contributed by atoms with Gasteiger partial charge in [-0.1, -0.05) is 6.07 Å². The highest BCUT2D eigenvalue weighted by molar-refractivity contribution is 5.81. The van der Waals surface area contributed by atoms with Gasteiger partial charge in [-0.3, -0.25) is 9.47 Å². The zero-order valence-corrected chi connectivity index (χ0v) is 24.6. The average molecular weight is 586 g/mol. The van der Waals surface area contributed by atoms with Crippen molar-refractivity contribution in [3.8, 4) is 6.07 Å². The minimum atomic E-state index is -1.12. The van der Waals surface area contributed by atoms with E-state index in [1.165, 1.54) is 12.7 Å². The van der Waals surface area contributed by atoms with Gasteiger partial charge in [0.25, 0.3) is 0 Å². The lowest BCUT2D eigenvalue weighted by atomic mass is 9.65. The van der Waals surface area contributed by atoms with Crippen LogP contribution in [-0.4, -0.2) is 81.5 Å². The number of aryl methyl sites for hydroxylation is 1. The first-order valence-electron chi connectivity index (χ1n) is 15.4. The molecule has 5 N–H and O–H groups in total. The molecule has 12 nitrogen and oxygen atoms in total. The number of benzene rings is 1. The minimum Gasteiger partial charge on any atom is -0.387 e. The Labute approximate surface area is 249 Å². The Balaban J connectivity index is 0.956. The highest BCUT2D eigenvalue weighted by Crippen LogP contribution is 2.44. The first-order valence-corrected chi connectivity index (χ1v) is 15.4. The lowest BCUT2D eigenvalue weighted by molar-refractivity contribution is -0.0620. The molecule has 0 amide bonds. The summed E-state index contributed by atoms with van der Waals surface area (Å²) in [4.78, 5) is 23.2. The molecule has 3 aliphatic rings. The fourth-order valence-corrected chi connectivity index (χ4v) is 7.18. The predicted octanol–water partition coefficient (Wildman–Crippen LogP) is 2.97. The number of anilines is 1. The second kappa shape index (κ2) is 10.8. The number of nitrogens with two attached hydrogens (primary N) is 1. The zero-order chi connectivity index (χ0) is 29.9. The molecule has 1 aromatic carbocycles. The van der Waals surface area contributed by atoms with Crippen LogP contribution in [0.5, 0.6) is 0 Å². The highest BCUT2D eigenvalue weighted by Gasteiger charge is 2.46. The number of nitriles is 1. The third-order valence-corrected chi connectivity index (χ3v) is 10.0. The number of aliphatic hydroxyl groups excluding tert-OH is 2. The molecule has 12 heteroatoms. The number of H-pyrrole nitrogens is 1. The molecule has 2 aliphatic carbocycles. The van der Waals surface area contributed by atoms with Gasteiger partial charge in [-0.2, -0.15) is 5.26 Å². The first kappa shape index (κ1) is 28.2. The van der Waals surface area contributed by atoms with E-state index >= 15 is 0 Å². The van der Waals surface area contributed by atoms with Gasteiger partial charge in [0.2, 0.25) is 0 Å². The number of aromatic amines is 1. The third kappa shape index (κ3) is 4.84. The maximum absolute atomic E-state index is 11.0. The average Bonchev–Trinajstić information content (AvgIpc) is 3.63. The number of nitrogens with one attached hydrogen (secondary N) is 1. The number of ether oxygens (including phenoxy) is 1. The van der Waals surface area contributed by atoms with Crippen molar-refractivity contribution in [2.45, 2.75) is 101 Å². The second-order valence-corrected chi connectivity index (χ2v) is 12.9. The second-order valence-electron chi connectivity index (χ2n) is 12.9. The summed E-state index contributed by atoms with van der Waals surface area (Å²) in [6, 6.07) is 9.42. The van der Waals surface area contributed by atoms with E-state index in [2.05, 4.69) is 56.9 Å². The molecule has 4 aromatic rings. The Bertz CT molecular complexity index is 1670. The topological polar surface area (TPSA) is 175 Å². The molecule has 3 fully saturated rings. The fourth-order valence-electron chi connectivity index (χ4n) is 7.18. The number of aliphatic hydroxyl groups is 2. The molecule has 43 heavy (non-hydrogen) atoms. The van der Waals surface area contributed by atoms with Crippen molar-refractivity contribution in [2.75, 3.05) is 12.3 Å². The SMILES string of the molecule is CC(C)N(C[C@H]1O[C@@H](n2cnc3c(N)ncnc32)[C@H](O)[C@@H]1O)C1CC(CCc2nc3ccc(C4(C#N)CCC4)cc3[nH]2)C1. The summed E-state index contributed by atoms with van der Waals surface area (Å²) < 4.78 is 7.86. The Kier molecular flexibility index (Phi) is 7.09. The third-order valence-electron chi connectivity index (χ3n) is 10.0. The Morgan fingerprint density at radius 1 is 1.21 bits per heavy atom. The lowest BCUT2D eigenvalue weighted by Crippen LogP contribution is -2.52. The molecule has 7 rings (SSSR count). The molecule has 1 aliphatic heterocycles. The molecule has 3 aromatic heterocycles. The van der Waals surface area contributed by atoms with Crippen LogP contribution in [0.15, 0.2) is 30.9 Å². The number of nitrogen functional groups attached to an aromatic ring is 1. The van der Waals surface area contributed by atoms with Gasteiger partial charge in [-0.15, -0.1) is 0 Å². The molecular formula is C31H39N9O3. The molecule has 226 valence electrons. The largest absolute Gasteiger partial charge is 0.387 e. The molecule has 0 unspecified atom stereocenters. The number of aromatic nitrogens is 6. The van der Waals surface area contributed by atoms with Gasteiger partial charge in [-0.05, 0) is 76.0 Å². The normalized spacial score (nSPS) is 28.4.